The average molecular weight is 488 g/mol. The molecule has 7 heteroatoms. The molecule has 0 bridgehead atoms. The Morgan fingerprint density at radius 3 is 2.44 bits per heavy atom. The van der Waals surface area contributed by atoms with Crippen molar-refractivity contribution >= 4 is 35.8 Å². The van der Waals surface area contributed by atoms with Crippen LogP contribution >= 0.6 is 24.0 Å². The number of hydrogen-bond donors (Lipinski definition) is 2. The Labute approximate surface area is 179 Å². The molecule has 27 heavy (non-hydrogen) atoms. The van der Waals surface area contributed by atoms with Crippen LogP contribution in [-0.4, -0.2) is 61.7 Å². The molecule has 0 aromatic rings. The van der Waals surface area contributed by atoms with Crippen LogP contribution in [0.25, 0.3) is 0 Å². The van der Waals surface area contributed by atoms with Crippen molar-refractivity contribution in [3.8, 4) is 0 Å². The summed E-state index contributed by atoms with van der Waals surface area (Å²) < 4.78 is 6.03. The predicted octanol–water partition coefficient (Wildman–Crippen LogP) is 2.13. The number of carbonyl (C=O) groups is 1. The number of carbonyl (C=O) groups excluding carboxylic acids is 1. The van der Waals surface area contributed by atoms with Gasteiger partial charge in [-0.05, 0) is 44.9 Å². The van der Waals surface area contributed by atoms with Crippen molar-refractivity contribution in [1.82, 2.24) is 15.5 Å². The van der Waals surface area contributed by atoms with Crippen molar-refractivity contribution in [3.05, 3.63) is 0 Å². The van der Waals surface area contributed by atoms with E-state index in [4.69, 9.17) is 4.74 Å². The summed E-state index contributed by atoms with van der Waals surface area (Å²) >= 11 is 0. The van der Waals surface area contributed by atoms with E-state index < -0.39 is 0 Å². The van der Waals surface area contributed by atoms with Gasteiger partial charge in [0.15, 0.2) is 5.96 Å². The molecular weight excluding hydrogens is 455 g/mol. The number of halogens is 1. The van der Waals surface area contributed by atoms with E-state index in [9.17, 15) is 4.79 Å². The van der Waals surface area contributed by atoms with Gasteiger partial charge in [0.25, 0.3) is 0 Å². The third kappa shape index (κ3) is 3.36. The van der Waals surface area contributed by atoms with Gasteiger partial charge in [-0.15, -0.1) is 24.0 Å². The summed E-state index contributed by atoms with van der Waals surface area (Å²) in [6.45, 7) is 2.70. The topological polar surface area (TPSA) is 66.0 Å². The molecule has 2 N–H and O–H groups in total. The molecule has 2 saturated heterocycles. The van der Waals surface area contributed by atoms with Crippen molar-refractivity contribution in [2.24, 2.45) is 22.2 Å². The Morgan fingerprint density at radius 2 is 1.85 bits per heavy atom. The maximum absolute atomic E-state index is 12.2. The third-order valence-electron chi connectivity index (χ3n) is 7.63. The summed E-state index contributed by atoms with van der Waals surface area (Å²) in [5, 5.41) is 7.39. The minimum atomic E-state index is 0. The molecule has 152 valence electrons. The molecule has 5 rings (SSSR count). The van der Waals surface area contributed by atoms with Crippen molar-refractivity contribution in [3.63, 3.8) is 0 Å². The molecule has 3 atom stereocenters. The van der Waals surface area contributed by atoms with E-state index >= 15 is 0 Å². The number of rotatable bonds is 3. The highest BCUT2D eigenvalue weighted by Crippen LogP contribution is 2.62. The van der Waals surface area contributed by atoms with Gasteiger partial charge in [0.2, 0.25) is 5.91 Å². The van der Waals surface area contributed by atoms with Crippen LogP contribution in [0.3, 0.4) is 0 Å². The molecule has 6 nitrogen and oxygen atoms in total. The van der Waals surface area contributed by atoms with E-state index in [-0.39, 0.29) is 24.0 Å². The number of fused-ring (bicyclic) bond motifs is 2. The summed E-state index contributed by atoms with van der Waals surface area (Å²) in [5.41, 5.74) is 0.374. The van der Waals surface area contributed by atoms with Crippen molar-refractivity contribution in [1.29, 1.82) is 0 Å². The smallest absolute Gasteiger partial charge is 0.225 e. The summed E-state index contributed by atoms with van der Waals surface area (Å²) in [4.78, 5) is 18.8. The van der Waals surface area contributed by atoms with Crippen LogP contribution in [0.2, 0.25) is 0 Å². The molecule has 5 aliphatic rings. The molecule has 3 unspecified atom stereocenters. The van der Waals surface area contributed by atoms with Gasteiger partial charge in [-0.3, -0.25) is 9.79 Å². The second-order valence-corrected chi connectivity index (χ2v) is 9.04. The minimum absolute atomic E-state index is 0. The summed E-state index contributed by atoms with van der Waals surface area (Å²) in [7, 11) is 1.87. The molecule has 3 saturated carbocycles. The van der Waals surface area contributed by atoms with Gasteiger partial charge >= 0.3 is 0 Å². The monoisotopic (exact) mass is 488 g/mol. The van der Waals surface area contributed by atoms with Crippen LogP contribution in [0, 0.1) is 17.3 Å². The van der Waals surface area contributed by atoms with E-state index in [2.05, 4.69) is 20.5 Å². The molecule has 0 aromatic carbocycles. The lowest BCUT2D eigenvalue weighted by atomic mass is 9.46. The largest absolute Gasteiger partial charge is 0.377 e. The summed E-state index contributed by atoms with van der Waals surface area (Å²) in [6, 6.07) is 0.934. The Hall–Kier alpha value is -0.570. The van der Waals surface area contributed by atoms with Gasteiger partial charge in [0.05, 0.1) is 6.10 Å². The highest BCUT2D eigenvalue weighted by Gasteiger charge is 2.66. The van der Waals surface area contributed by atoms with Crippen molar-refractivity contribution < 1.29 is 9.53 Å². The fraction of sp³-hybridized carbons (Fsp3) is 0.900. The van der Waals surface area contributed by atoms with Crippen molar-refractivity contribution in [2.45, 2.75) is 69.6 Å². The van der Waals surface area contributed by atoms with Gasteiger partial charge in [0.1, 0.15) is 0 Å². The van der Waals surface area contributed by atoms with Gasteiger partial charge in [-0.1, -0.05) is 6.42 Å². The summed E-state index contributed by atoms with van der Waals surface area (Å²) in [5.74, 6) is 2.33. The molecule has 3 aliphatic carbocycles. The van der Waals surface area contributed by atoms with Crippen molar-refractivity contribution in [2.75, 3.05) is 26.7 Å². The lowest BCUT2D eigenvalue weighted by Gasteiger charge is -2.63. The first kappa shape index (κ1) is 19.7. The molecule has 1 amide bonds. The fourth-order valence-electron chi connectivity index (χ4n) is 5.80. The Balaban J connectivity index is 0.00000180. The normalized spacial score (nSPS) is 34.9. The van der Waals surface area contributed by atoms with Crippen LogP contribution in [0.1, 0.15) is 51.4 Å². The van der Waals surface area contributed by atoms with E-state index in [0.29, 0.717) is 41.3 Å². The minimum Gasteiger partial charge on any atom is -0.377 e. The molecule has 2 heterocycles. The molecule has 1 spiro atoms. The SMILES string of the molecule is CN=C(NC1CCN(C(=O)C2CC2)CC1)NC1C2CCOC2C12CCC2.I. The Bertz CT molecular complexity index is 597. The lowest BCUT2D eigenvalue weighted by molar-refractivity contribution is -0.171. The van der Waals surface area contributed by atoms with E-state index in [1.165, 1.54) is 25.7 Å². The maximum atomic E-state index is 12.2. The standard InChI is InChI=1S/C20H32N4O2.HI/c1-21-19(22-14-5-10-24(11-6-14)18(25)13-3-4-13)23-16-15-7-12-26-17(15)20(16)8-2-9-20;/h13-17H,2-12H2,1H3,(H2,21,22,23);1H. The van der Waals surface area contributed by atoms with Crippen LogP contribution in [0.4, 0.5) is 0 Å². The zero-order valence-corrected chi connectivity index (χ0v) is 18.6. The van der Waals surface area contributed by atoms with Crippen LogP contribution in [0.5, 0.6) is 0 Å². The number of nitrogens with one attached hydrogen (secondary N) is 2. The number of guanidine groups is 1. The molecule has 2 aliphatic heterocycles. The fourth-order valence-corrected chi connectivity index (χ4v) is 5.80. The highest BCUT2D eigenvalue weighted by molar-refractivity contribution is 14.0. The number of nitrogens with zero attached hydrogens (tertiary/aromatic N) is 2. The zero-order valence-electron chi connectivity index (χ0n) is 16.3. The van der Waals surface area contributed by atoms with Gasteiger partial charge in [-0.25, -0.2) is 0 Å². The number of piperidine rings is 1. The first-order valence-corrected chi connectivity index (χ1v) is 10.6. The van der Waals surface area contributed by atoms with E-state index in [1.807, 2.05) is 7.05 Å². The van der Waals surface area contributed by atoms with Crippen LogP contribution in [-0.2, 0) is 9.53 Å². The van der Waals surface area contributed by atoms with Crippen LogP contribution in [0.15, 0.2) is 4.99 Å². The Kier molecular flexibility index (Phi) is 5.62. The first-order valence-electron chi connectivity index (χ1n) is 10.6. The lowest BCUT2D eigenvalue weighted by Crippen LogP contribution is -2.72. The second-order valence-electron chi connectivity index (χ2n) is 9.04. The predicted molar refractivity (Wildman–Crippen MR) is 115 cm³/mol. The number of aliphatic imine (C=N–C) groups is 1. The first-order chi connectivity index (χ1) is 12.7. The number of likely N-dealkylation sites (tertiary alicyclic amines) is 1. The van der Waals surface area contributed by atoms with Gasteiger partial charge < -0.3 is 20.3 Å². The van der Waals surface area contributed by atoms with Gasteiger partial charge in [0, 0.05) is 56.1 Å². The van der Waals surface area contributed by atoms with Crippen LogP contribution < -0.4 is 10.6 Å². The molecule has 0 radical (unpaired) electrons. The molecule has 5 fully saturated rings. The van der Waals surface area contributed by atoms with Gasteiger partial charge in [-0.2, -0.15) is 0 Å². The number of hydrogen-bond acceptors (Lipinski definition) is 3. The number of ether oxygens (including phenoxy) is 1. The van der Waals surface area contributed by atoms with E-state index in [0.717, 1.165) is 51.3 Å². The third-order valence-corrected chi connectivity index (χ3v) is 7.63. The molecular formula is C20H33IN4O2. The van der Waals surface area contributed by atoms with E-state index in [1.54, 1.807) is 0 Å². The highest BCUT2D eigenvalue weighted by atomic mass is 127. The number of amides is 1. The molecule has 0 aromatic heterocycles. The zero-order chi connectivity index (χ0) is 17.7. The quantitative estimate of drug-likeness (QED) is 0.363. The second kappa shape index (κ2) is 7.69. The maximum Gasteiger partial charge on any atom is 0.225 e. The Morgan fingerprint density at radius 1 is 1.11 bits per heavy atom. The summed E-state index contributed by atoms with van der Waals surface area (Å²) in [6.07, 6.45) is 9.84. The average Bonchev–Trinajstić information content (AvgIpc) is 3.38.